The summed E-state index contributed by atoms with van der Waals surface area (Å²) in [6.45, 7) is 5.26. The van der Waals surface area contributed by atoms with Crippen LogP contribution in [0, 0.1) is 5.92 Å². The molecule has 1 amide bonds. The summed E-state index contributed by atoms with van der Waals surface area (Å²) in [4.78, 5) is 23.6. The number of hydrogen-bond acceptors (Lipinski definition) is 3. The summed E-state index contributed by atoms with van der Waals surface area (Å²) in [5, 5.41) is 18.2. The van der Waals surface area contributed by atoms with E-state index in [0.717, 1.165) is 0 Å². The topological polar surface area (TPSA) is 77.8 Å². The van der Waals surface area contributed by atoms with Gasteiger partial charge in [-0.3, -0.25) is 4.79 Å². The zero-order valence-electron chi connectivity index (χ0n) is 8.59. The Balaban J connectivity index is 2.81. The molecule has 1 aliphatic heterocycles. The van der Waals surface area contributed by atoms with Gasteiger partial charge in [0.05, 0.1) is 6.10 Å². The first-order chi connectivity index (χ1) is 6.97. The zero-order valence-corrected chi connectivity index (χ0v) is 8.59. The molecule has 15 heavy (non-hydrogen) atoms. The van der Waals surface area contributed by atoms with Crippen molar-refractivity contribution in [3.05, 3.63) is 12.7 Å². The van der Waals surface area contributed by atoms with Crippen molar-refractivity contribution in [2.24, 2.45) is 5.92 Å². The Labute approximate surface area is 88.0 Å². The van der Waals surface area contributed by atoms with Gasteiger partial charge in [0.1, 0.15) is 0 Å². The van der Waals surface area contributed by atoms with E-state index in [4.69, 9.17) is 5.11 Å². The number of rotatable bonds is 4. The van der Waals surface area contributed by atoms with Gasteiger partial charge in [-0.05, 0) is 6.92 Å². The molecule has 0 aromatic rings. The number of amides is 1. The van der Waals surface area contributed by atoms with Gasteiger partial charge in [0.15, 0.2) is 6.04 Å². The number of carbonyl (C=O) groups is 2. The molecule has 1 fully saturated rings. The first kappa shape index (κ1) is 11.7. The predicted molar refractivity (Wildman–Crippen MR) is 53.1 cm³/mol. The Morgan fingerprint density at radius 1 is 1.73 bits per heavy atom. The Morgan fingerprint density at radius 2 is 2.33 bits per heavy atom. The van der Waals surface area contributed by atoms with Crippen LogP contribution < -0.4 is 0 Å². The number of hydrogen-bond donors (Lipinski definition) is 2. The molecule has 1 rings (SSSR count). The van der Waals surface area contributed by atoms with Crippen molar-refractivity contribution in [3.8, 4) is 0 Å². The molecule has 2 N–H and O–H groups in total. The van der Waals surface area contributed by atoms with Gasteiger partial charge < -0.3 is 15.1 Å². The molecule has 1 heterocycles. The molecular weight excluding hydrogens is 198 g/mol. The molecule has 1 saturated heterocycles. The van der Waals surface area contributed by atoms with Crippen molar-refractivity contribution in [1.82, 2.24) is 4.90 Å². The maximum absolute atomic E-state index is 11.5. The van der Waals surface area contributed by atoms with Crippen molar-refractivity contribution in [3.63, 3.8) is 0 Å². The second-order valence-electron chi connectivity index (χ2n) is 3.77. The lowest BCUT2D eigenvalue weighted by atomic mass is 10.1. The normalized spacial score (nSPS) is 25.1. The van der Waals surface area contributed by atoms with Crippen LogP contribution in [-0.4, -0.2) is 45.7 Å². The summed E-state index contributed by atoms with van der Waals surface area (Å²) in [5.41, 5.74) is 0. The fourth-order valence-corrected chi connectivity index (χ4v) is 1.79. The van der Waals surface area contributed by atoms with E-state index in [2.05, 4.69) is 6.58 Å². The largest absolute Gasteiger partial charge is 0.480 e. The molecule has 0 saturated carbocycles. The van der Waals surface area contributed by atoms with Crippen LogP contribution in [0.1, 0.15) is 13.3 Å². The van der Waals surface area contributed by atoms with Crippen LogP contribution in [0.3, 0.4) is 0 Å². The van der Waals surface area contributed by atoms with E-state index in [-0.39, 0.29) is 18.2 Å². The minimum Gasteiger partial charge on any atom is -0.480 e. The number of aliphatic carboxylic acids is 1. The lowest BCUT2D eigenvalue weighted by molar-refractivity contribution is -0.152. The van der Waals surface area contributed by atoms with Gasteiger partial charge >= 0.3 is 5.97 Å². The monoisotopic (exact) mass is 213 g/mol. The van der Waals surface area contributed by atoms with Crippen molar-refractivity contribution in [2.75, 3.05) is 6.54 Å². The summed E-state index contributed by atoms with van der Waals surface area (Å²) in [7, 11) is 0. The molecule has 1 aliphatic rings. The maximum atomic E-state index is 11.5. The molecule has 5 nitrogen and oxygen atoms in total. The number of likely N-dealkylation sites (tertiary alicyclic amines) is 1. The quantitative estimate of drug-likeness (QED) is 0.637. The van der Waals surface area contributed by atoms with Crippen molar-refractivity contribution < 1.29 is 19.8 Å². The van der Waals surface area contributed by atoms with Crippen molar-refractivity contribution >= 4 is 11.9 Å². The van der Waals surface area contributed by atoms with Gasteiger partial charge in [-0.15, -0.1) is 6.58 Å². The average molecular weight is 213 g/mol. The molecule has 5 heteroatoms. The average Bonchev–Trinajstić information content (AvgIpc) is 2.46. The van der Waals surface area contributed by atoms with Gasteiger partial charge in [0.2, 0.25) is 5.91 Å². The van der Waals surface area contributed by atoms with E-state index in [1.807, 2.05) is 0 Å². The number of nitrogens with zero attached hydrogens (tertiary/aromatic N) is 1. The standard InChI is InChI=1S/C10H15NO4/c1-3-7-4-8(13)11(5-7)9(6(2)12)10(14)15/h3,6-7,9,12H,1,4-5H2,2H3,(H,14,15). The van der Waals surface area contributed by atoms with E-state index in [0.29, 0.717) is 6.54 Å². The molecule has 0 radical (unpaired) electrons. The summed E-state index contributed by atoms with van der Waals surface area (Å²) in [6, 6.07) is -1.15. The molecular formula is C10H15NO4. The first-order valence-corrected chi connectivity index (χ1v) is 4.80. The van der Waals surface area contributed by atoms with Crippen LogP contribution in [0.2, 0.25) is 0 Å². The van der Waals surface area contributed by atoms with Crippen LogP contribution >= 0.6 is 0 Å². The lowest BCUT2D eigenvalue weighted by Crippen LogP contribution is -2.48. The second-order valence-corrected chi connectivity index (χ2v) is 3.77. The molecule has 0 aromatic carbocycles. The third-order valence-electron chi connectivity index (χ3n) is 2.57. The first-order valence-electron chi connectivity index (χ1n) is 4.80. The molecule has 0 aliphatic carbocycles. The number of carboxylic acids is 1. The van der Waals surface area contributed by atoms with E-state index in [9.17, 15) is 14.7 Å². The maximum Gasteiger partial charge on any atom is 0.329 e. The SMILES string of the molecule is C=CC1CC(=O)N(C(C(=O)O)C(C)O)C1. The van der Waals surface area contributed by atoms with Gasteiger partial charge in [0, 0.05) is 18.9 Å². The van der Waals surface area contributed by atoms with E-state index < -0.39 is 18.1 Å². The van der Waals surface area contributed by atoms with Crippen LogP contribution in [0.5, 0.6) is 0 Å². The van der Waals surface area contributed by atoms with Gasteiger partial charge in [-0.2, -0.15) is 0 Å². The number of aliphatic hydroxyl groups excluding tert-OH is 1. The number of aliphatic hydroxyl groups is 1. The van der Waals surface area contributed by atoms with Gasteiger partial charge in [-0.1, -0.05) is 6.08 Å². The third-order valence-corrected chi connectivity index (χ3v) is 2.57. The predicted octanol–water partition coefficient (Wildman–Crippen LogP) is -0.145. The highest BCUT2D eigenvalue weighted by Crippen LogP contribution is 2.22. The smallest absolute Gasteiger partial charge is 0.329 e. The zero-order chi connectivity index (χ0) is 11.6. The highest BCUT2D eigenvalue weighted by atomic mass is 16.4. The summed E-state index contributed by atoms with van der Waals surface area (Å²) >= 11 is 0. The molecule has 3 unspecified atom stereocenters. The van der Waals surface area contributed by atoms with Gasteiger partial charge in [-0.25, -0.2) is 4.79 Å². The highest BCUT2D eigenvalue weighted by molar-refractivity contribution is 5.85. The third kappa shape index (κ3) is 2.36. The van der Waals surface area contributed by atoms with E-state index in [1.54, 1.807) is 6.08 Å². The fourth-order valence-electron chi connectivity index (χ4n) is 1.79. The van der Waals surface area contributed by atoms with E-state index >= 15 is 0 Å². The Bertz CT molecular complexity index is 287. The van der Waals surface area contributed by atoms with E-state index in [1.165, 1.54) is 11.8 Å². The van der Waals surface area contributed by atoms with Crippen LogP contribution in [0.4, 0.5) is 0 Å². The molecule has 0 bridgehead atoms. The Kier molecular flexibility index (Phi) is 3.47. The van der Waals surface area contributed by atoms with Crippen LogP contribution in [-0.2, 0) is 9.59 Å². The molecule has 3 atom stereocenters. The highest BCUT2D eigenvalue weighted by Gasteiger charge is 2.38. The minimum absolute atomic E-state index is 0.0156. The summed E-state index contributed by atoms with van der Waals surface area (Å²) in [5.74, 6) is -1.44. The van der Waals surface area contributed by atoms with Crippen molar-refractivity contribution in [2.45, 2.75) is 25.5 Å². The van der Waals surface area contributed by atoms with Crippen LogP contribution in [0.15, 0.2) is 12.7 Å². The van der Waals surface area contributed by atoms with Crippen LogP contribution in [0.25, 0.3) is 0 Å². The second kappa shape index (κ2) is 4.44. The summed E-state index contributed by atoms with van der Waals surface area (Å²) in [6.07, 6.45) is 0.841. The Morgan fingerprint density at radius 3 is 2.67 bits per heavy atom. The van der Waals surface area contributed by atoms with Gasteiger partial charge in [0.25, 0.3) is 0 Å². The molecule has 0 aromatic heterocycles. The number of carboxylic acid groups (broad SMARTS) is 1. The Hall–Kier alpha value is -1.36. The lowest BCUT2D eigenvalue weighted by Gasteiger charge is -2.26. The number of carbonyl (C=O) groups excluding carboxylic acids is 1. The fraction of sp³-hybridized carbons (Fsp3) is 0.600. The minimum atomic E-state index is -1.18. The molecule has 84 valence electrons. The summed E-state index contributed by atoms with van der Waals surface area (Å²) < 4.78 is 0. The van der Waals surface area contributed by atoms with Crippen molar-refractivity contribution in [1.29, 1.82) is 0 Å². The molecule has 0 spiro atoms.